The second-order valence-corrected chi connectivity index (χ2v) is 5.25. The van der Waals surface area contributed by atoms with Gasteiger partial charge < -0.3 is 19.5 Å². The fourth-order valence-corrected chi connectivity index (χ4v) is 2.83. The molecule has 3 unspecified atom stereocenters. The third-order valence-corrected chi connectivity index (χ3v) is 3.96. The van der Waals surface area contributed by atoms with Gasteiger partial charge in [0.2, 0.25) is 0 Å². The molecule has 1 aromatic carbocycles. The molecule has 112 valence electrons. The number of likely N-dealkylation sites (N-methyl/N-ethyl adjacent to an activating group) is 1. The van der Waals surface area contributed by atoms with Gasteiger partial charge in [0.05, 0.1) is 26.4 Å². The minimum absolute atomic E-state index is 0.192. The zero-order chi connectivity index (χ0) is 14.5. The highest BCUT2D eigenvalue weighted by Gasteiger charge is 2.32. The Hall–Kier alpha value is -1.26. The average molecular weight is 279 g/mol. The maximum Gasteiger partial charge on any atom is 0.161 e. The molecule has 20 heavy (non-hydrogen) atoms. The summed E-state index contributed by atoms with van der Waals surface area (Å²) in [6.45, 7) is 6.13. The van der Waals surface area contributed by atoms with Crippen molar-refractivity contribution >= 4 is 0 Å². The summed E-state index contributed by atoms with van der Waals surface area (Å²) in [5.74, 6) is 2.08. The van der Waals surface area contributed by atoms with Gasteiger partial charge in [-0.1, -0.05) is 19.9 Å². The third-order valence-electron chi connectivity index (χ3n) is 3.96. The van der Waals surface area contributed by atoms with Crippen molar-refractivity contribution in [3.8, 4) is 11.5 Å². The van der Waals surface area contributed by atoms with Crippen LogP contribution < -0.4 is 14.8 Å². The predicted molar refractivity (Wildman–Crippen MR) is 79.5 cm³/mol. The molecule has 4 heteroatoms. The lowest BCUT2D eigenvalue weighted by Crippen LogP contribution is -2.34. The van der Waals surface area contributed by atoms with Crippen LogP contribution in [0.4, 0.5) is 0 Å². The summed E-state index contributed by atoms with van der Waals surface area (Å²) < 4.78 is 16.6. The summed E-state index contributed by atoms with van der Waals surface area (Å²) in [7, 11) is 3.32. The van der Waals surface area contributed by atoms with E-state index in [9.17, 15) is 0 Å². The van der Waals surface area contributed by atoms with Gasteiger partial charge in [0.1, 0.15) is 0 Å². The summed E-state index contributed by atoms with van der Waals surface area (Å²) in [4.78, 5) is 0. The summed E-state index contributed by atoms with van der Waals surface area (Å²) in [5.41, 5.74) is 1.18. The zero-order valence-corrected chi connectivity index (χ0v) is 12.8. The van der Waals surface area contributed by atoms with Crippen LogP contribution in [0.5, 0.6) is 11.5 Å². The Labute approximate surface area is 121 Å². The second kappa shape index (κ2) is 6.95. The Morgan fingerprint density at radius 3 is 2.60 bits per heavy atom. The van der Waals surface area contributed by atoms with Crippen molar-refractivity contribution in [1.29, 1.82) is 0 Å². The third kappa shape index (κ3) is 3.07. The number of benzene rings is 1. The summed E-state index contributed by atoms with van der Waals surface area (Å²) in [5, 5.41) is 3.54. The van der Waals surface area contributed by atoms with E-state index in [0.717, 1.165) is 31.1 Å². The van der Waals surface area contributed by atoms with Crippen LogP contribution in [0.2, 0.25) is 0 Å². The van der Waals surface area contributed by atoms with E-state index in [1.165, 1.54) is 5.56 Å². The van der Waals surface area contributed by atoms with E-state index in [1.54, 1.807) is 14.2 Å². The average Bonchev–Trinajstić information content (AvgIpc) is 2.90. The molecule has 0 aromatic heterocycles. The second-order valence-electron chi connectivity index (χ2n) is 5.25. The quantitative estimate of drug-likeness (QED) is 0.869. The molecule has 2 rings (SSSR count). The van der Waals surface area contributed by atoms with Crippen molar-refractivity contribution in [1.82, 2.24) is 5.32 Å². The summed E-state index contributed by atoms with van der Waals surface area (Å²) >= 11 is 0. The van der Waals surface area contributed by atoms with Gasteiger partial charge in [-0.05, 0) is 36.6 Å². The topological polar surface area (TPSA) is 39.7 Å². The van der Waals surface area contributed by atoms with Gasteiger partial charge in [-0.25, -0.2) is 0 Å². The molecule has 0 aliphatic carbocycles. The van der Waals surface area contributed by atoms with Crippen LogP contribution in [0.25, 0.3) is 0 Å². The van der Waals surface area contributed by atoms with Gasteiger partial charge >= 0.3 is 0 Å². The van der Waals surface area contributed by atoms with Crippen LogP contribution in [0.1, 0.15) is 31.9 Å². The van der Waals surface area contributed by atoms with E-state index in [2.05, 4.69) is 25.2 Å². The van der Waals surface area contributed by atoms with Gasteiger partial charge in [-0.3, -0.25) is 0 Å². The first-order chi connectivity index (χ1) is 9.71. The highest BCUT2D eigenvalue weighted by atomic mass is 16.5. The van der Waals surface area contributed by atoms with Crippen molar-refractivity contribution in [2.24, 2.45) is 5.92 Å². The molecular weight excluding hydrogens is 254 g/mol. The Morgan fingerprint density at radius 1 is 1.30 bits per heavy atom. The minimum atomic E-state index is 0.192. The Kier molecular flexibility index (Phi) is 5.26. The van der Waals surface area contributed by atoms with Crippen LogP contribution in [0, 0.1) is 5.92 Å². The number of rotatable bonds is 6. The molecule has 1 N–H and O–H groups in total. The fourth-order valence-electron chi connectivity index (χ4n) is 2.83. The van der Waals surface area contributed by atoms with E-state index in [0.29, 0.717) is 5.92 Å². The standard InChI is InChI=1S/C16H25NO3/c1-5-17-15(16-11(2)8-9-20-16)12-6-7-13(18-3)14(10-12)19-4/h6-7,10-11,15-17H,5,8-9H2,1-4H3. The minimum Gasteiger partial charge on any atom is -0.493 e. The first kappa shape index (κ1) is 15.1. The molecule has 0 radical (unpaired) electrons. The van der Waals surface area contributed by atoms with Gasteiger partial charge in [-0.2, -0.15) is 0 Å². The number of hydrogen-bond acceptors (Lipinski definition) is 4. The monoisotopic (exact) mass is 279 g/mol. The van der Waals surface area contributed by atoms with E-state index in [1.807, 2.05) is 12.1 Å². The Bertz CT molecular complexity index is 436. The normalized spacial score (nSPS) is 23.6. The van der Waals surface area contributed by atoms with E-state index < -0.39 is 0 Å². The largest absolute Gasteiger partial charge is 0.493 e. The molecule has 1 aromatic rings. The molecular formula is C16H25NO3. The maximum absolute atomic E-state index is 5.93. The van der Waals surface area contributed by atoms with Crippen LogP contribution in [0.15, 0.2) is 18.2 Å². The van der Waals surface area contributed by atoms with Crippen molar-refractivity contribution in [2.45, 2.75) is 32.4 Å². The highest BCUT2D eigenvalue weighted by molar-refractivity contribution is 5.44. The van der Waals surface area contributed by atoms with Crippen molar-refractivity contribution in [2.75, 3.05) is 27.4 Å². The molecule has 0 amide bonds. The fraction of sp³-hybridized carbons (Fsp3) is 0.625. The SMILES string of the molecule is CCNC(c1ccc(OC)c(OC)c1)C1OCCC1C. The van der Waals surface area contributed by atoms with Crippen molar-refractivity contribution in [3.63, 3.8) is 0 Å². The maximum atomic E-state index is 5.93. The van der Waals surface area contributed by atoms with Gasteiger partial charge in [0.25, 0.3) is 0 Å². The van der Waals surface area contributed by atoms with E-state index >= 15 is 0 Å². The predicted octanol–water partition coefficient (Wildman–Crippen LogP) is 2.78. The lowest BCUT2D eigenvalue weighted by Gasteiger charge is -2.27. The van der Waals surface area contributed by atoms with E-state index in [4.69, 9.17) is 14.2 Å². The van der Waals surface area contributed by atoms with Crippen LogP contribution in [0.3, 0.4) is 0 Å². The molecule has 4 nitrogen and oxygen atoms in total. The molecule has 0 bridgehead atoms. The lowest BCUT2D eigenvalue weighted by molar-refractivity contribution is 0.0611. The number of ether oxygens (including phenoxy) is 3. The molecule has 1 heterocycles. The van der Waals surface area contributed by atoms with Crippen molar-refractivity contribution in [3.05, 3.63) is 23.8 Å². The van der Waals surface area contributed by atoms with Gasteiger partial charge in [0, 0.05) is 6.61 Å². The van der Waals surface area contributed by atoms with Gasteiger partial charge in [-0.15, -0.1) is 0 Å². The Morgan fingerprint density at radius 2 is 2.05 bits per heavy atom. The first-order valence-corrected chi connectivity index (χ1v) is 7.28. The Balaban J connectivity index is 2.29. The van der Waals surface area contributed by atoms with Crippen molar-refractivity contribution < 1.29 is 14.2 Å². The number of methoxy groups -OCH3 is 2. The molecule has 0 saturated carbocycles. The molecule has 1 saturated heterocycles. The summed E-state index contributed by atoms with van der Waals surface area (Å²) in [6, 6.07) is 6.28. The van der Waals surface area contributed by atoms with Crippen LogP contribution in [-0.4, -0.2) is 33.5 Å². The smallest absolute Gasteiger partial charge is 0.161 e. The van der Waals surface area contributed by atoms with Crippen LogP contribution in [-0.2, 0) is 4.74 Å². The summed E-state index contributed by atoms with van der Waals surface area (Å²) in [6.07, 6.45) is 1.34. The van der Waals surface area contributed by atoms with E-state index in [-0.39, 0.29) is 12.1 Å². The lowest BCUT2D eigenvalue weighted by atomic mass is 9.92. The molecule has 1 fully saturated rings. The first-order valence-electron chi connectivity index (χ1n) is 7.28. The van der Waals surface area contributed by atoms with Gasteiger partial charge in [0.15, 0.2) is 11.5 Å². The molecule has 3 atom stereocenters. The van der Waals surface area contributed by atoms with Crippen LogP contribution >= 0.6 is 0 Å². The number of hydrogen-bond donors (Lipinski definition) is 1. The molecule has 1 aliphatic rings. The zero-order valence-electron chi connectivity index (χ0n) is 12.8. The molecule has 1 aliphatic heterocycles. The molecule has 0 spiro atoms. The number of nitrogens with one attached hydrogen (secondary N) is 1. The highest BCUT2D eigenvalue weighted by Crippen LogP contribution is 2.35.